The Morgan fingerprint density at radius 1 is 1.36 bits per heavy atom. The van der Waals surface area contributed by atoms with Gasteiger partial charge in [0, 0.05) is 13.0 Å². The predicted octanol–water partition coefficient (Wildman–Crippen LogP) is 2.53. The molecule has 0 aromatic heterocycles. The Kier molecular flexibility index (Phi) is 4.50. The maximum atomic E-state index is 12.7. The normalized spacial score (nSPS) is 26.7. The molecule has 4 heteroatoms. The highest BCUT2D eigenvalue weighted by molar-refractivity contribution is 5.77. The molecule has 2 aliphatic rings. The van der Waals surface area contributed by atoms with Gasteiger partial charge >= 0.3 is 0 Å². The number of aliphatic hydroxyl groups excluding tert-OH is 1. The number of carbonyl (C=O) groups is 1. The van der Waals surface area contributed by atoms with Crippen LogP contribution in [0.4, 0.5) is 0 Å². The van der Waals surface area contributed by atoms with Crippen LogP contribution in [0.25, 0.3) is 0 Å². The van der Waals surface area contributed by atoms with Gasteiger partial charge in [0.1, 0.15) is 6.10 Å². The van der Waals surface area contributed by atoms with Crippen LogP contribution >= 0.6 is 0 Å². The van der Waals surface area contributed by atoms with Crippen LogP contribution in [0.3, 0.4) is 0 Å². The van der Waals surface area contributed by atoms with Crippen LogP contribution in [-0.4, -0.2) is 41.8 Å². The molecular weight excluding hydrogens is 278 g/mol. The van der Waals surface area contributed by atoms with Crippen molar-refractivity contribution in [2.75, 3.05) is 19.8 Å². The summed E-state index contributed by atoms with van der Waals surface area (Å²) in [5, 5.41) is 9.63. The van der Waals surface area contributed by atoms with E-state index in [1.54, 1.807) is 0 Å². The van der Waals surface area contributed by atoms with E-state index in [1.807, 2.05) is 35.2 Å². The zero-order valence-electron chi connectivity index (χ0n) is 13.2. The minimum Gasteiger partial charge on any atom is -0.394 e. The molecule has 120 valence electrons. The lowest BCUT2D eigenvalue weighted by atomic mass is 9.96. The van der Waals surface area contributed by atoms with Crippen molar-refractivity contribution in [2.24, 2.45) is 5.41 Å². The molecule has 1 heterocycles. The third kappa shape index (κ3) is 3.33. The second-order valence-electron chi connectivity index (χ2n) is 6.85. The summed E-state index contributed by atoms with van der Waals surface area (Å²) in [5.74, 6) is 0.184. The third-order valence-corrected chi connectivity index (χ3v) is 5.04. The SMILES string of the molecule is CC1(CCC(=O)N2CCO[C@H](CO)[C@H]2c2ccccc2)CC1. The van der Waals surface area contributed by atoms with Gasteiger partial charge in [-0.2, -0.15) is 0 Å². The number of morpholine rings is 1. The van der Waals surface area contributed by atoms with E-state index in [-0.39, 0.29) is 24.7 Å². The first-order valence-electron chi connectivity index (χ1n) is 8.20. The summed E-state index contributed by atoms with van der Waals surface area (Å²) in [4.78, 5) is 14.6. The molecule has 1 aromatic rings. The molecule has 1 saturated heterocycles. The minimum absolute atomic E-state index is 0.0684. The minimum atomic E-state index is -0.336. The lowest BCUT2D eigenvalue weighted by Gasteiger charge is -2.41. The van der Waals surface area contributed by atoms with Gasteiger partial charge in [0.2, 0.25) is 5.91 Å². The topological polar surface area (TPSA) is 49.8 Å². The molecule has 1 aliphatic carbocycles. The van der Waals surface area contributed by atoms with Gasteiger partial charge in [0.15, 0.2) is 0 Å². The maximum absolute atomic E-state index is 12.7. The van der Waals surface area contributed by atoms with Crippen LogP contribution in [0.5, 0.6) is 0 Å². The van der Waals surface area contributed by atoms with Crippen LogP contribution in [0, 0.1) is 5.41 Å². The highest BCUT2D eigenvalue weighted by atomic mass is 16.5. The van der Waals surface area contributed by atoms with Crippen molar-refractivity contribution in [3.8, 4) is 0 Å². The summed E-state index contributed by atoms with van der Waals surface area (Å²) < 4.78 is 5.69. The first kappa shape index (κ1) is 15.5. The number of ether oxygens (including phenoxy) is 1. The Bertz CT molecular complexity index is 512. The monoisotopic (exact) mass is 303 g/mol. The average Bonchev–Trinajstić information content (AvgIpc) is 3.30. The van der Waals surface area contributed by atoms with E-state index in [4.69, 9.17) is 4.74 Å². The van der Waals surface area contributed by atoms with Crippen molar-refractivity contribution in [3.63, 3.8) is 0 Å². The fourth-order valence-corrected chi connectivity index (χ4v) is 3.23. The maximum Gasteiger partial charge on any atom is 0.223 e. The number of carbonyl (C=O) groups excluding carboxylic acids is 1. The van der Waals surface area contributed by atoms with Crippen LogP contribution in [0.1, 0.15) is 44.2 Å². The molecule has 0 bridgehead atoms. The highest BCUT2D eigenvalue weighted by Crippen LogP contribution is 2.49. The molecule has 2 atom stereocenters. The summed E-state index contributed by atoms with van der Waals surface area (Å²) in [6.45, 7) is 3.29. The van der Waals surface area contributed by atoms with Crippen molar-refractivity contribution in [3.05, 3.63) is 35.9 Å². The summed E-state index contributed by atoms with van der Waals surface area (Å²) in [6.07, 6.45) is 3.71. The Hall–Kier alpha value is -1.39. The third-order valence-electron chi connectivity index (χ3n) is 5.04. The van der Waals surface area contributed by atoms with Gasteiger partial charge in [-0.1, -0.05) is 37.3 Å². The Labute approximate surface area is 132 Å². The summed E-state index contributed by atoms with van der Waals surface area (Å²) in [5.41, 5.74) is 1.42. The van der Waals surface area contributed by atoms with Crippen molar-refractivity contribution < 1.29 is 14.6 Å². The van der Waals surface area contributed by atoms with Crippen LogP contribution in [0.2, 0.25) is 0 Å². The van der Waals surface area contributed by atoms with Crippen molar-refractivity contribution in [1.29, 1.82) is 0 Å². The average molecular weight is 303 g/mol. The Balaban J connectivity index is 1.75. The molecule has 0 unspecified atom stereocenters. The molecule has 1 aliphatic heterocycles. The van der Waals surface area contributed by atoms with E-state index < -0.39 is 0 Å². The van der Waals surface area contributed by atoms with Crippen molar-refractivity contribution in [2.45, 2.75) is 44.8 Å². The highest BCUT2D eigenvalue weighted by Gasteiger charge is 2.40. The summed E-state index contributed by atoms with van der Waals surface area (Å²) in [6, 6.07) is 9.72. The number of benzene rings is 1. The molecule has 2 fully saturated rings. The zero-order valence-corrected chi connectivity index (χ0v) is 13.2. The fraction of sp³-hybridized carbons (Fsp3) is 0.611. The van der Waals surface area contributed by atoms with Gasteiger partial charge in [-0.3, -0.25) is 4.79 Å². The number of amides is 1. The zero-order chi connectivity index (χ0) is 15.6. The largest absolute Gasteiger partial charge is 0.394 e. The van der Waals surface area contributed by atoms with Crippen molar-refractivity contribution >= 4 is 5.91 Å². The molecule has 0 radical (unpaired) electrons. The predicted molar refractivity (Wildman–Crippen MR) is 84.3 cm³/mol. The van der Waals surface area contributed by atoms with E-state index in [1.165, 1.54) is 12.8 Å². The number of hydrogen-bond donors (Lipinski definition) is 1. The number of rotatable bonds is 5. The van der Waals surface area contributed by atoms with E-state index in [0.717, 1.165) is 12.0 Å². The van der Waals surface area contributed by atoms with Crippen LogP contribution < -0.4 is 0 Å². The van der Waals surface area contributed by atoms with Gasteiger partial charge in [0.25, 0.3) is 0 Å². The Morgan fingerprint density at radius 3 is 2.73 bits per heavy atom. The second-order valence-corrected chi connectivity index (χ2v) is 6.85. The quantitative estimate of drug-likeness (QED) is 0.909. The molecular formula is C18H25NO3. The van der Waals surface area contributed by atoms with E-state index in [2.05, 4.69) is 6.92 Å². The van der Waals surface area contributed by atoms with Gasteiger partial charge in [-0.05, 0) is 30.2 Å². The molecule has 3 rings (SSSR count). The molecule has 0 spiro atoms. The number of aliphatic hydroxyl groups is 1. The smallest absolute Gasteiger partial charge is 0.223 e. The number of nitrogens with zero attached hydrogens (tertiary/aromatic N) is 1. The molecule has 4 nitrogen and oxygen atoms in total. The standard InChI is InChI=1S/C18H25NO3/c1-18(9-10-18)8-7-16(21)19-11-12-22-15(13-20)17(19)14-5-3-2-4-6-14/h2-6,15,17,20H,7-13H2,1H3/t15-,17-/m1/s1. The number of hydrogen-bond acceptors (Lipinski definition) is 3. The van der Waals surface area contributed by atoms with Gasteiger partial charge < -0.3 is 14.7 Å². The van der Waals surface area contributed by atoms with Crippen LogP contribution in [-0.2, 0) is 9.53 Å². The molecule has 1 saturated carbocycles. The van der Waals surface area contributed by atoms with E-state index in [0.29, 0.717) is 25.0 Å². The first-order chi connectivity index (χ1) is 10.6. The van der Waals surface area contributed by atoms with Crippen LogP contribution in [0.15, 0.2) is 30.3 Å². The summed E-state index contributed by atoms with van der Waals surface area (Å²) >= 11 is 0. The summed E-state index contributed by atoms with van der Waals surface area (Å²) in [7, 11) is 0. The van der Waals surface area contributed by atoms with Crippen molar-refractivity contribution in [1.82, 2.24) is 4.90 Å². The first-order valence-corrected chi connectivity index (χ1v) is 8.20. The van der Waals surface area contributed by atoms with E-state index >= 15 is 0 Å². The lowest BCUT2D eigenvalue weighted by molar-refractivity contribution is -0.150. The van der Waals surface area contributed by atoms with E-state index in [9.17, 15) is 9.90 Å². The van der Waals surface area contributed by atoms with Gasteiger partial charge in [0.05, 0.1) is 19.3 Å². The second kappa shape index (κ2) is 6.39. The molecule has 1 aromatic carbocycles. The molecule has 1 N–H and O–H groups in total. The lowest BCUT2D eigenvalue weighted by Crippen LogP contribution is -2.49. The Morgan fingerprint density at radius 2 is 2.09 bits per heavy atom. The molecule has 1 amide bonds. The van der Waals surface area contributed by atoms with Gasteiger partial charge in [-0.25, -0.2) is 0 Å². The fourth-order valence-electron chi connectivity index (χ4n) is 3.23. The molecule has 22 heavy (non-hydrogen) atoms. The van der Waals surface area contributed by atoms with Gasteiger partial charge in [-0.15, -0.1) is 0 Å².